The van der Waals surface area contributed by atoms with Gasteiger partial charge in [-0.1, -0.05) is 0 Å². The van der Waals surface area contributed by atoms with Gasteiger partial charge in [-0.05, 0) is 0 Å². The zero-order chi connectivity index (χ0) is 7.40. The molecule has 0 bridgehead atoms. The first-order valence-electron chi connectivity index (χ1n) is 3.14. The van der Waals surface area contributed by atoms with Gasteiger partial charge in [-0.25, -0.2) is 4.39 Å². The summed E-state index contributed by atoms with van der Waals surface area (Å²) in [6, 6.07) is 0. The van der Waals surface area contributed by atoms with E-state index in [1.54, 1.807) is 10.9 Å². The van der Waals surface area contributed by atoms with Crippen LogP contribution in [0.3, 0.4) is 0 Å². The second-order valence-corrected chi connectivity index (χ2v) is 2.03. The number of hydrogen-bond acceptors (Lipinski definition) is 2. The molecule has 10 heavy (non-hydrogen) atoms. The zero-order valence-corrected chi connectivity index (χ0v) is 5.63. The van der Waals surface area contributed by atoms with Gasteiger partial charge in [-0.3, -0.25) is 4.68 Å². The molecule has 0 fully saturated rings. The summed E-state index contributed by atoms with van der Waals surface area (Å²) in [5, 5.41) is 3.87. The molecule has 0 aliphatic rings. The van der Waals surface area contributed by atoms with Crippen molar-refractivity contribution in [1.29, 1.82) is 0 Å². The van der Waals surface area contributed by atoms with Crippen molar-refractivity contribution < 1.29 is 4.39 Å². The smallest absolute Gasteiger partial charge is 0.118 e. The molecule has 1 heterocycles. The van der Waals surface area contributed by atoms with Crippen molar-refractivity contribution in [3.63, 3.8) is 0 Å². The molecule has 0 aliphatic carbocycles. The average Bonchev–Trinajstić information content (AvgIpc) is 2.37. The van der Waals surface area contributed by atoms with Crippen LogP contribution in [0.25, 0.3) is 0 Å². The van der Waals surface area contributed by atoms with Gasteiger partial charge < -0.3 is 5.73 Å². The Bertz CT molecular complexity index is 197. The number of rotatable bonds is 3. The van der Waals surface area contributed by atoms with E-state index in [2.05, 4.69) is 5.10 Å². The van der Waals surface area contributed by atoms with Crippen LogP contribution >= 0.6 is 0 Å². The Balaban J connectivity index is 2.59. The highest BCUT2D eigenvalue weighted by Crippen LogP contribution is 1.98. The van der Waals surface area contributed by atoms with Crippen molar-refractivity contribution in [2.45, 2.75) is 13.2 Å². The molecular formula is C6H10FN3. The second-order valence-electron chi connectivity index (χ2n) is 2.03. The van der Waals surface area contributed by atoms with Crippen LogP contribution in [0.4, 0.5) is 4.39 Å². The lowest BCUT2D eigenvalue weighted by molar-refractivity contribution is 0.484. The van der Waals surface area contributed by atoms with Crippen molar-refractivity contribution in [2.75, 3.05) is 6.54 Å². The first kappa shape index (κ1) is 7.21. The summed E-state index contributed by atoms with van der Waals surface area (Å²) in [6.45, 7) is 0.734. The van der Waals surface area contributed by atoms with Crippen LogP contribution in [-0.2, 0) is 13.2 Å². The molecular weight excluding hydrogens is 133 g/mol. The number of alkyl halides is 1. The zero-order valence-electron chi connectivity index (χ0n) is 5.63. The van der Waals surface area contributed by atoms with Crippen LogP contribution in [0.1, 0.15) is 5.56 Å². The lowest BCUT2D eigenvalue weighted by Gasteiger charge is -1.93. The van der Waals surface area contributed by atoms with Crippen molar-refractivity contribution in [2.24, 2.45) is 5.73 Å². The lowest BCUT2D eigenvalue weighted by Crippen LogP contribution is -2.09. The van der Waals surface area contributed by atoms with E-state index in [0.29, 0.717) is 18.7 Å². The van der Waals surface area contributed by atoms with Crippen molar-refractivity contribution in [3.05, 3.63) is 18.0 Å². The van der Waals surface area contributed by atoms with E-state index in [1.807, 2.05) is 0 Å². The fourth-order valence-electron chi connectivity index (χ4n) is 0.730. The molecule has 1 aromatic heterocycles. The molecule has 0 aliphatic heterocycles. The fourth-order valence-corrected chi connectivity index (χ4v) is 0.730. The van der Waals surface area contributed by atoms with Crippen molar-refractivity contribution in [3.8, 4) is 0 Å². The first-order chi connectivity index (χ1) is 4.86. The van der Waals surface area contributed by atoms with E-state index in [0.717, 1.165) is 0 Å². The largest absolute Gasteiger partial charge is 0.329 e. The minimum absolute atomic E-state index is 0.454. The SMILES string of the molecule is NCCn1cc(CF)cn1. The topological polar surface area (TPSA) is 43.8 Å². The number of hydrogen-bond donors (Lipinski definition) is 1. The predicted octanol–water partition coefficient (Wildman–Crippen LogP) is 0.311. The molecule has 0 saturated heterocycles. The van der Waals surface area contributed by atoms with Crippen molar-refractivity contribution >= 4 is 0 Å². The molecule has 1 aromatic rings. The van der Waals surface area contributed by atoms with E-state index in [-0.39, 0.29) is 0 Å². The van der Waals surface area contributed by atoms with Gasteiger partial charge in [0.1, 0.15) is 6.67 Å². The Kier molecular flexibility index (Phi) is 2.39. The molecule has 4 heteroatoms. The van der Waals surface area contributed by atoms with Gasteiger partial charge in [-0.2, -0.15) is 5.10 Å². The van der Waals surface area contributed by atoms with Gasteiger partial charge in [0.15, 0.2) is 0 Å². The highest BCUT2D eigenvalue weighted by molar-refractivity contribution is 5.01. The Hall–Kier alpha value is -0.900. The molecule has 0 atom stereocenters. The third-order valence-corrected chi connectivity index (χ3v) is 1.20. The number of nitrogens with zero attached hydrogens (tertiary/aromatic N) is 2. The average molecular weight is 143 g/mol. The van der Waals surface area contributed by atoms with Gasteiger partial charge in [0, 0.05) is 18.3 Å². The Morgan fingerprint density at radius 2 is 2.50 bits per heavy atom. The quantitative estimate of drug-likeness (QED) is 0.661. The minimum Gasteiger partial charge on any atom is -0.329 e. The highest BCUT2D eigenvalue weighted by atomic mass is 19.1. The Morgan fingerprint density at radius 1 is 1.70 bits per heavy atom. The van der Waals surface area contributed by atoms with E-state index >= 15 is 0 Å². The van der Waals surface area contributed by atoms with Crippen LogP contribution < -0.4 is 5.73 Å². The monoisotopic (exact) mass is 143 g/mol. The molecule has 0 radical (unpaired) electrons. The van der Waals surface area contributed by atoms with E-state index < -0.39 is 6.67 Å². The Morgan fingerprint density at radius 3 is 3.00 bits per heavy atom. The molecule has 0 spiro atoms. The normalized spacial score (nSPS) is 10.2. The van der Waals surface area contributed by atoms with Gasteiger partial charge >= 0.3 is 0 Å². The van der Waals surface area contributed by atoms with Gasteiger partial charge in [0.25, 0.3) is 0 Å². The molecule has 0 amide bonds. The maximum Gasteiger partial charge on any atom is 0.118 e. The molecule has 0 aromatic carbocycles. The third kappa shape index (κ3) is 1.54. The number of aromatic nitrogens is 2. The molecule has 3 nitrogen and oxygen atoms in total. The van der Waals surface area contributed by atoms with E-state index in [9.17, 15) is 4.39 Å². The Labute approximate surface area is 58.6 Å². The number of nitrogens with two attached hydrogens (primary N) is 1. The lowest BCUT2D eigenvalue weighted by atomic mass is 10.4. The standard InChI is InChI=1S/C6H10FN3/c7-3-6-4-9-10(5-6)2-1-8/h4-5H,1-3,8H2. The fraction of sp³-hybridized carbons (Fsp3) is 0.500. The summed E-state index contributed by atoms with van der Waals surface area (Å²) in [7, 11) is 0. The number of halogens is 1. The van der Waals surface area contributed by atoms with Gasteiger partial charge in [-0.15, -0.1) is 0 Å². The second kappa shape index (κ2) is 3.31. The van der Waals surface area contributed by atoms with E-state index in [1.165, 1.54) is 6.20 Å². The molecule has 2 N–H and O–H groups in total. The van der Waals surface area contributed by atoms with Gasteiger partial charge in [0.05, 0.1) is 12.7 Å². The minimum atomic E-state index is -0.454. The maximum atomic E-state index is 11.9. The molecule has 0 unspecified atom stereocenters. The van der Waals surface area contributed by atoms with Crippen LogP contribution in [-0.4, -0.2) is 16.3 Å². The third-order valence-electron chi connectivity index (χ3n) is 1.20. The predicted molar refractivity (Wildman–Crippen MR) is 36.1 cm³/mol. The van der Waals surface area contributed by atoms with Crippen LogP contribution in [0.2, 0.25) is 0 Å². The molecule has 0 saturated carbocycles. The van der Waals surface area contributed by atoms with Crippen molar-refractivity contribution in [1.82, 2.24) is 9.78 Å². The summed E-state index contributed by atoms with van der Waals surface area (Å²) < 4.78 is 13.5. The summed E-state index contributed by atoms with van der Waals surface area (Å²) in [6.07, 6.45) is 3.17. The van der Waals surface area contributed by atoms with Crippen LogP contribution in [0.5, 0.6) is 0 Å². The van der Waals surface area contributed by atoms with Crippen LogP contribution in [0, 0.1) is 0 Å². The summed E-state index contributed by atoms with van der Waals surface area (Å²) >= 11 is 0. The van der Waals surface area contributed by atoms with Crippen LogP contribution in [0.15, 0.2) is 12.4 Å². The molecule has 1 rings (SSSR count). The first-order valence-corrected chi connectivity index (χ1v) is 3.14. The highest BCUT2D eigenvalue weighted by Gasteiger charge is 1.94. The summed E-state index contributed by atoms with van der Waals surface area (Å²) in [5.41, 5.74) is 5.86. The maximum absolute atomic E-state index is 11.9. The van der Waals surface area contributed by atoms with Gasteiger partial charge in [0.2, 0.25) is 0 Å². The summed E-state index contributed by atoms with van der Waals surface area (Å²) in [5.74, 6) is 0. The van der Waals surface area contributed by atoms with E-state index in [4.69, 9.17) is 5.73 Å². The molecule has 56 valence electrons. The summed E-state index contributed by atoms with van der Waals surface area (Å²) in [4.78, 5) is 0.